The Morgan fingerprint density at radius 1 is 1.09 bits per heavy atom. The number of rotatable bonds is 4. The zero-order valence-electron chi connectivity index (χ0n) is 12.8. The van der Waals surface area contributed by atoms with Gasteiger partial charge in [0.05, 0.1) is 0 Å². The molecule has 1 heterocycles. The first-order chi connectivity index (χ1) is 10.5. The van der Waals surface area contributed by atoms with Gasteiger partial charge in [-0.25, -0.2) is 9.59 Å². The van der Waals surface area contributed by atoms with Gasteiger partial charge in [0.2, 0.25) is 0 Å². The maximum absolute atomic E-state index is 9.55. The number of nitrogens with one attached hydrogen (secondary N) is 1. The molecule has 0 aromatic heterocycles. The Morgan fingerprint density at radius 2 is 1.59 bits per heavy atom. The van der Waals surface area contributed by atoms with Crippen molar-refractivity contribution in [1.29, 1.82) is 0 Å². The monoisotopic (exact) mass is 305 g/mol. The molecule has 5 heteroatoms. The van der Waals surface area contributed by atoms with Gasteiger partial charge in [-0.05, 0) is 49.4 Å². The van der Waals surface area contributed by atoms with Crippen molar-refractivity contribution >= 4 is 11.9 Å². The van der Waals surface area contributed by atoms with Crippen LogP contribution in [0.1, 0.15) is 36.8 Å². The van der Waals surface area contributed by atoms with Crippen molar-refractivity contribution in [3.63, 3.8) is 0 Å². The largest absolute Gasteiger partial charge is 0.478 e. The Kier molecular flexibility index (Phi) is 7.92. The van der Waals surface area contributed by atoms with Gasteiger partial charge in [-0.1, -0.05) is 31.2 Å². The minimum absolute atomic E-state index is 0.558. The van der Waals surface area contributed by atoms with Crippen LogP contribution in [0.3, 0.4) is 0 Å². The second-order valence-electron chi connectivity index (χ2n) is 5.13. The predicted molar refractivity (Wildman–Crippen MR) is 85.1 cm³/mol. The van der Waals surface area contributed by atoms with Gasteiger partial charge >= 0.3 is 11.9 Å². The van der Waals surface area contributed by atoms with Gasteiger partial charge in [0, 0.05) is 12.2 Å². The van der Waals surface area contributed by atoms with Gasteiger partial charge in [-0.2, -0.15) is 0 Å². The lowest BCUT2D eigenvalue weighted by molar-refractivity contribution is -0.134. The topological polar surface area (TPSA) is 86.6 Å². The molecule has 0 spiro atoms. The van der Waals surface area contributed by atoms with Crippen LogP contribution >= 0.6 is 0 Å². The maximum Gasteiger partial charge on any atom is 0.328 e. The lowest BCUT2D eigenvalue weighted by Gasteiger charge is -2.23. The first-order valence-electron chi connectivity index (χ1n) is 7.46. The second-order valence-corrected chi connectivity index (χ2v) is 5.13. The third-order valence-corrected chi connectivity index (χ3v) is 3.57. The van der Waals surface area contributed by atoms with Crippen molar-refractivity contribution in [2.45, 2.75) is 32.1 Å². The molecule has 1 saturated heterocycles. The molecule has 2 rings (SSSR count). The van der Waals surface area contributed by atoms with Gasteiger partial charge in [0.25, 0.3) is 0 Å². The lowest BCUT2D eigenvalue weighted by atomic mass is 9.90. The number of aliphatic carboxylic acids is 2. The Balaban J connectivity index is 0.000000261. The zero-order valence-corrected chi connectivity index (χ0v) is 12.8. The van der Waals surface area contributed by atoms with Gasteiger partial charge in [-0.3, -0.25) is 0 Å². The Labute approximate surface area is 130 Å². The Bertz CT molecular complexity index is 486. The Hall–Kier alpha value is -2.14. The molecule has 5 nitrogen and oxygen atoms in total. The highest BCUT2D eigenvalue weighted by Crippen LogP contribution is 2.25. The summed E-state index contributed by atoms with van der Waals surface area (Å²) in [5.74, 6) is -1.72. The summed E-state index contributed by atoms with van der Waals surface area (Å²) in [5, 5.41) is 19.0. The summed E-state index contributed by atoms with van der Waals surface area (Å²) >= 11 is 0. The van der Waals surface area contributed by atoms with E-state index in [1.807, 2.05) is 0 Å². The van der Waals surface area contributed by atoms with Crippen molar-refractivity contribution in [3.05, 3.63) is 47.5 Å². The quantitative estimate of drug-likeness (QED) is 0.744. The summed E-state index contributed by atoms with van der Waals surface area (Å²) in [5.41, 5.74) is 2.98. The first-order valence-corrected chi connectivity index (χ1v) is 7.46. The van der Waals surface area contributed by atoms with Crippen molar-refractivity contribution in [2.24, 2.45) is 0 Å². The van der Waals surface area contributed by atoms with Crippen LogP contribution in [0.25, 0.3) is 0 Å². The summed E-state index contributed by atoms with van der Waals surface area (Å²) in [6.07, 6.45) is 4.86. The standard InChI is InChI=1S/C13H19N.C4H4O4/c1-2-11-3-5-12(6-4-11)13-7-9-14-10-8-13;5-3(6)1-2-4(7)8/h3-6,13-14H,2,7-10H2,1H3;1-2H,(H,5,6)(H,7,8). The molecule has 1 aromatic rings. The minimum Gasteiger partial charge on any atom is -0.478 e. The molecule has 1 aromatic carbocycles. The molecule has 0 bridgehead atoms. The van der Waals surface area contributed by atoms with E-state index in [0.29, 0.717) is 12.2 Å². The van der Waals surface area contributed by atoms with Crippen molar-refractivity contribution in [2.75, 3.05) is 13.1 Å². The smallest absolute Gasteiger partial charge is 0.328 e. The summed E-state index contributed by atoms with van der Waals surface area (Å²) in [6.45, 7) is 4.57. The third kappa shape index (κ3) is 7.04. The fraction of sp³-hybridized carbons (Fsp3) is 0.412. The molecule has 120 valence electrons. The molecular formula is C17H23NO4. The van der Waals surface area contributed by atoms with Crippen molar-refractivity contribution in [1.82, 2.24) is 5.32 Å². The highest BCUT2D eigenvalue weighted by Gasteiger charge is 2.14. The molecule has 0 amide bonds. The van der Waals surface area contributed by atoms with E-state index in [-0.39, 0.29) is 0 Å². The van der Waals surface area contributed by atoms with E-state index in [4.69, 9.17) is 10.2 Å². The SMILES string of the molecule is CCc1ccc(C2CCNCC2)cc1.O=C(O)C=CC(=O)O. The van der Waals surface area contributed by atoms with Crippen LogP contribution in [0, 0.1) is 0 Å². The van der Waals surface area contributed by atoms with Crippen LogP contribution in [0.2, 0.25) is 0 Å². The van der Waals surface area contributed by atoms with Gasteiger partial charge in [-0.15, -0.1) is 0 Å². The molecule has 0 aliphatic carbocycles. The molecule has 1 aliphatic rings. The van der Waals surface area contributed by atoms with E-state index < -0.39 is 11.9 Å². The lowest BCUT2D eigenvalue weighted by Crippen LogP contribution is -2.26. The van der Waals surface area contributed by atoms with Crippen LogP contribution in [-0.2, 0) is 16.0 Å². The van der Waals surface area contributed by atoms with Crippen LogP contribution in [0.4, 0.5) is 0 Å². The number of hydrogen-bond donors (Lipinski definition) is 3. The summed E-state index contributed by atoms with van der Waals surface area (Å²) in [7, 11) is 0. The van der Waals surface area contributed by atoms with Crippen molar-refractivity contribution < 1.29 is 19.8 Å². The third-order valence-electron chi connectivity index (χ3n) is 3.57. The summed E-state index contributed by atoms with van der Waals surface area (Å²) in [4.78, 5) is 19.1. The second kappa shape index (κ2) is 9.73. The number of piperidine rings is 1. The first kappa shape index (κ1) is 17.9. The number of benzene rings is 1. The van der Waals surface area contributed by atoms with Crippen LogP contribution in [-0.4, -0.2) is 35.2 Å². The molecule has 3 N–H and O–H groups in total. The minimum atomic E-state index is -1.26. The zero-order chi connectivity index (χ0) is 16.4. The van der Waals surface area contributed by atoms with Gasteiger partial charge in [0.1, 0.15) is 0 Å². The van der Waals surface area contributed by atoms with E-state index in [2.05, 4.69) is 36.5 Å². The fourth-order valence-electron chi connectivity index (χ4n) is 2.32. The summed E-state index contributed by atoms with van der Waals surface area (Å²) in [6, 6.07) is 9.18. The van der Waals surface area contributed by atoms with Gasteiger partial charge in [0.15, 0.2) is 0 Å². The van der Waals surface area contributed by atoms with E-state index in [1.54, 1.807) is 0 Å². The number of hydrogen-bond acceptors (Lipinski definition) is 3. The molecular weight excluding hydrogens is 282 g/mol. The van der Waals surface area contributed by atoms with E-state index in [0.717, 1.165) is 12.3 Å². The number of aryl methyl sites for hydroxylation is 1. The van der Waals surface area contributed by atoms with E-state index in [9.17, 15) is 9.59 Å². The van der Waals surface area contributed by atoms with E-state index >= 15 is 0 Å². The highest BCUT2D eigenvalue weighted by molar-refractivity contribution is 5.89. The molecule has 1 aliphatic heterocycles. The average molecular weight is 305 g/mol. The number of carbonyl (C=O) groups is 2. The molecule has 0 saturated carbocycles. The molecule has 0 atom stereocenters. The molecule has 22 heavy (non-hydrogen) atoms. The average Bonchev–Trinajstić information content (AvgIpc) is 2.54. The van der Waals surface area contributed by atoms with E-state index in [1.165, 1.54) is 37.1 Å². The maximum atomic E-state index is 9.55. The summed E-state index contributed by atoms with van der Waals surface area (Å²) < 4.78 is 0. The number of carboxylic acids is 2. The molecule has 0 radical (unpaired) electrons. The highest BCUT2D eigenvalue weighted by atomic mass is 16.4. The normalized spacial score (nSPS) is 15.1. The molecule has 1 fully saturated rings. The predicted octanol–water partition coefficient (Wildman–Crippen LogP) is 2.43. The van der Waals surface area contributed by atoms with Gasteiger partial charge < -0.3 is 15.5 Å². The van der Waals surface area contributed by atoms with Crippen LogP contribution < -0.4 is 5.32 Å². The van der Waals surface area contributed by atoms with Crippen molar-refractivity contribution in [3.8, 4) is 0 Å². The van der Waals surface area contributed by atoms with Crippen LogP contribution in [0.15, 0.2) is 36.4 Å². The Morgan fingerprint density at radius 3 is 2.00 bits per heavy atom. The fourth-order valence-corrected chi connectivity index (χ4v) is 2.32. The molecule has 0 unspecified atom stereocenters. The van der Waals surface area contributed by atoms with Crippen LogP contribution in [0.5, 0.6) is 0 Å². The number of carboxylic acid groups (broad SMARTS) is 2.